The van der Waals surface area contributed by atoms with Gasteiger partial charge in [-0.25, -0.2) is 4.98 Å². The third-order valence-corrected chi connectivity index (χ3v) is 7.95. The number of amides is 5. The van der Waals surface area contributed by atoms with Crippen LogP contribution in [0, 0.1) is 5.92 Å². The standard InChI is InChI=1S/C33H40N6O6/c1-4-19(2)29(33(44)35-3)39-28(41)18-26-30(45-26)24(16-20-10-6-5-7-11-20)37-32(43)25(17-27(34)40)38-31(42)23-15-14-21-12-8-9-13-22(21)36-23/h5-15,19,24-26,29-30H,4,16-18H2,1-3H3,(H2,34,40)(H,35,44)(H,37,43)(H,38,42)(H,39,41)/t19-,24?,25+,26?,29-,30?/m0/s1. The molecule has 6 N–H and O–H groups in total. The van der Waals surface area contributed by atoms with Gasteiger partial charge in [0.25, 0.3) is 5.91 Å². The van der Waals surface area contributed by atoms with Crippen LogP contribution < -0.4 is 27.0 Å². The van der Waals surface area contributed by atoms with Gasteiger partial charge in [-0.05, 0) is 30.0 Å². The summed E-state index contributed by atoms with van der Waals surface area (Å²) in [5.41, 5.74) is 7.04. The molecule has 1 aromatic heterocycles. The van der Waals surface area contributed by atoms with Crippen LogP contribution in [0.1, 0.15) is 49.2 Å². The average molecular weight is 617 g/mol. The number of pyridine rings is 1. The van der Waals surface area contributed by atoms with Crippen molar-refractivity contribution in [2.24, 2.45) is 11.7 Å². The van der Waals surface area contributed by atoms with Crippen LogP contribution in [0.25, 0.3) is 10.9 Å². The van der Waals surface area contributed by atoms with E-state index in [0.717, 1.165) is 10.9 Å². The van der Waals surface area contributed by atoms with Crippen molar-refractivity contribution in [1.29, 1.82) is 0 Å². The van der Waals surface area contributed by atoms with E-state index in [1.165, 1.54) is 7.05 Å². The lowest BCUT2D eigenvalue weighted by Crippen LogP contribution is -2.53. The van der Waals surface area contributed by atoms with Crippen LogP contribution in [0.3, 0.4) is 0 Å². The molecule has 2 heterocycles. The number of likely N-dealkylation sites (N-methyl/N-ethyl adjacent to an activating group) is 1. The molecule has 1 saturated heterocycles. The Morgan fingerprint density at radius 2 is 1.62 bits per heavy atom. The monoisotopic (exact) mass is 616 g/mol. The van der Waals surface area contributed by atoms with Gasteiger partial charge in [-0.15, -0.1) is 0 Å². The van der Waals surface area contributed by atoms with Gasteiger partial charge in [0.05, 0.1) is 30.5 Å². The molecule has 0 radical (unpaired) electrons. The highest BCUT2D eigenvalue weighted by atomic mass is 16.6. The Morgan fingerprint density at radius 3 is 2.31 bits per heavy atom. The van der Waals surface area contributed by atoms with Crippen molar-refractivity contribution >= 4 is 40.4 Å². The fourth-order valence-electron chi connectivity index (χ4n) is 5.18. The SMILES string of the molecule is CC[C@H](C)[C@H](NC(=O)CC1OC1C(Cc1ccccc1)NC(=O)[C@@H](CC(N)=O)NC(=O)c1ccc2ccccc2n1)C(=O)NC. The second-order valence-electron chi connectivity index (χ2n) is 11.3. The second-order valence-corrected chi connectivity index (χ2v) is 11.3. The lowest BCUT2D eigenvalue weighted by Gasteiger charge is -2.23. The highest BCUT2D eigenvalue weighted by Crippen LogP contribution is 2.30. The molecule has 5 amide bonds. The van der Waals surface area contributed by atoms with Gasteiger partial charge in [-0.3, -0.25) is 24.0 Å². The fourth-order valence-corrected chi connectivity index (χ4v) is 5.18. The number of rotatable bonds is 15. The number of fused-ring (bicyclic) bond motifs is 1. The first-order valence-corrected chi connectivity index (χ1v) is 15.0. The number of primary amides is 1. The number of aromatic nitrogens is 1. The van der Waals surface area contributed by atoms with E-state index in [9.17, 15) is 24.0 Å². The number of hydrogen-bond acceptors (Lipinski definition) is 7. The summed E-state index contributed by atoms with van der Waals surface area (Å²) in [6.07, 6.45) is -0.401. The van der Waals surface area contributed by atoms with Crippen LogP contribution in [0.4, 0.5) is 0 Å². The maximum Gasteiger partial charge on any atom is 0.270 e. The van der Waals surface area contributed by atoms with Gasteiger partial charge in [0.2, 0.25) is 23.6 Å². The Hall–Kier alpha value is -4.84. The quantitative estimate of drug-likeness (QED) is 0.160. The van der Waals surface area contributed by atoms with Gasteiger partial charge in [-0.2, -0.15) is 0 Å². The molecule has 6 atom stereocenters. The smallest absolute Gasteiger partial charge is 0.270 e. The zero-order valence-corrected chi connectivity index (χ0v) is 25.6. The van der Waals surface area contributed by atoms with E-state index < -0.39 is 54.5 Å². The maximum absolute atomic E-state index is 13.5. The molecule has 45 heavy (non-hydrogen) atoms. The molecule has 0 bridgehead atoms. The number of epoxide rings is 1. The predicted molar refractivity (Wildman–Crippen MR) is 168 cm³/mol. The molecule has 12 nitrogen and oxygen atoms in total. The van der Waals surface area contributed by atoms with Gasteiger partial charge in [0.1, 0.15) is 23.9 Å². The Labute approximate surface area is 261 Å². The molecule has 0 aliphatic carbocycles. The van der Waals surface area contributed by atoms with Crippen LogP contribution in [0.5, 0.6) is 0 Å². The summed E-state index contributed by atoms with van der Waals surface area (Å²) in [4.78, 5) is 68.2. The van der Waals surface area contributed by atoms with E-state index in [-0.39, 0.29) is 29.8 Å². The molecule has 0 saturated carbocycles. The predicted octanol–water partition coefficient (Wildman–Crippen LogP) is 1.37. The van der Waals surface area contributed by atoms with Crippen LogP contribution in [-0.2, 0) is 30.3 Å². The van der Waals surface area contributed by atoms with E-state index in [2.05, 4.69) is 26.3 Å². The molecule has 1 aliphatic heterocycles. The zero-order chi connectivity index (χ0) is 32.5. The Kier molecular flexibility index (Phi) is 11.2. The first kappa shape index (κ1) is 33.1. The van der Waals surface area contributed by atoms with Crippen LogP contribution in [0.15, 0.2) is 66.7 Å². The van der Waals surface area contributed by atoms with E-state index in [0.29, 0.717) is 18.4 Å². The summed E-state index contributed by atoms with van der Waals surface area (Å²) in [6.45, 7) is 3.83. The van der Waals surface area contributed by atoms with Gasteiger partial charge < -0.3 is 31.7 Å². The van der Waals surface area contributed by atoms with Crippen molar-refractivity contribution in [3.8, 4) is 0 Å². The topological polar surface area (TPSA) is 185 Å². The van der Waals surface area contributed by atoms with E-state index in [4.69, 9.17) is 10.5 Å². The molecule has 4 rings (SSSR count). The Morgan fingerprint density at radius 1 is 0.911 bits per heavy atom. The highest BCUT2D eigenvalue weighted by Gasteiger charge is 2.47. The average Bonchev–Trinajstić information content (AvgIpc) is 3.80. The van der Waals surface area contributed by atoms with Crippen molar-refractivity contribution < 1.29 is 28.7 Å². The van der Waals surface area contributed by atoms with Crippen molar-refractivity contribution in [3.05, 3.63) is 78.0 Å². The number of nitrogens with two attached hydrogens (primary N) is 1. The summed E-state index contributed by atoms with van der Waals surface area (Å²) < 4.78 is 5.87. The second kappa shape index (κ2) is 15.2. The van der Waals surface area contributed by atoms with E-state index in [1.54, 1.807) is 24.3 Å². The normalized spacial score (nSPS) is 18.1. The van der Waals surface area contributed by atoms with Gasteiger partial charge >= 0.3 is 0 Å². The number of hydrogen-bond donors (Lipinski definition) is 5. The largest absolute Gasteiger partial charge is 0.370 e. The molecule has 1 aliphatic rings. The number of benzene rings is 2. The van der Waals surface area contributed by atoms with Gasteiger partial charge in [0.15, 0.2) is 0 Å². The number of para-hydroxylation sites is 1. The van der Waals surface area contributed by atoms with Crippen LogP contribution in [0.2, 0.25) is 0 Å². The minimum Gasteiger partial charge on any atom is -0.370 e. The highest BCUT2D eigenvalue weighted by molar-refractivity contribution is 5.99. The van der Waals surface area contributed by atoms with Crippen molar-refractivity contribution in [2.45, 2.75) is 69.9 Å². The first-order valence-electron chi connectivity index (χ1n) is 15.0. The molecule has 2 aromatic carbocycles. The Bertz CT molecular complexity index is 1530. The summed E-state index contributed by atoms with van der Waals surface area (Å²) in [6, 6.07) is 17.4. The van der Waals surface area contributed by atoms with Crippen LogP contribution in [-0.4, -0.2) is 71.9 Å². The van der Waals surface area contributed by atoms with Gasteiger partial charge in [0, 0.05) is 12.4 Å². The van der Waals surface area contributed by atoms with Crippen molar-refractivity contribution in [2.75, 3.05) is 7.05 Å². The summed E-state index contributed by atoms with van der Waals surface area (Å²) in [5.74, 6) is -2.72. The summed E-state index contributed by atoms with van der Waals surface area (Å²) >= 11 is 0. The van der Waals surface area contributed by atoms with Crippen molar-refractivity contribution in [3.63, 3.8) is 0 Å². The molecule has 3 aromatic rings. The minimum atomic E-state index is -1.27. The lowest BCUT2D eigenvalue weighted by molar-refractivity contribution is -0.130. The van der Waals surface area contributed by atoms with E-state index in [1.807, 2.05) is 56.3 Å². The number of ether oxygens (including phenoxy) is 1. The minimum absolute atomic E-state index is 0.00909. The molecule has 3 unspecified atom stereocenters. The summed E-state index contributed by atoms with van der Waals surface area (Å²) in [5, 5.41) is 11.8. The third-order valence-electron chi connectivity index (χ3n) is 7.95. The number of nitrogens with one attached hydrogen (secondary N) is 4. The van der Waals surface area contributed by atoms with Crippen molar-refractivity contribution in [1.82, 2.24) is 26.3 Å². The lowest BCUT2D eigenvalue weighted by atomic mass is 9.97. The number of nitrogens with zero attached hydrogens (tertiary/aromatic N) is 1. The van der Waals surface area contributed by atoms with E-state index >= 15 is 0 Å². The zero-order valence-electron chi connectivity index (χ0n) is 25.6. The molecule has 0 spiro atoms. The summed E-state index contributed by atoms with van der Waals surface area (Å²) in [7, 11) is 1.52. The molecule has 238 valence electrons. The van der Waals surface area contributed by atoms with Crippen LogP contribution >= 0.6 is 0 Å². The molecular formula is C33H40N6O6. The molecule has 1 fully saturated rings. The van der Waals surface area contributed by atoms with Gasteiger partial charge in [-0.1, -0.05) is 74.9 Å². The molecule has 12 heteroatoms. The first-order chi connectivity index (χ1) is 21.6. The molecular weight excluding hydrogens is 576 g/mol. The maximum atomic E-state index is 13.5. The Balaban J connectivity index is 1.46. The fraction of sp³-hybridized carbons (Fsp3) is 0.394. The third kappa shape index (κ3) is 9.08. The number of carbonyl (C=O) groups excluding carboxylic acids is 5. The number of carbonyl (C=O) groups is 5.